The van der Waals surface area contributed by atoms with Crippen LogP contribution in [0.1, 0.15) is 44.9 Å². The first-order valence-corrected chi connectivity index (χ1v) is 6.75. The van der Waals surface area contributed by atoms with Crippen molar-refractivity contribution in [2.24, 2.45) is 0 Å². The van der Waals surface area contributed by atoms with E-state index >= 15 is 0 Å². The number of aromatic nitrogens is 2. The quantitative estimate of drug-likeness (QED) is 0.676. The molecule has 1 heterocycles. The smallest absolute Gasteiger partial charge is 0.106 e. The number of hydrogen-bond donors (Lipinski definition) is 0. The van der Waals surface area contributed by atoms with Crippen LogP contribution in [0.3, 0.4) is 0 Å². The lowest BCUT2D eigenvalue weighted by molar-refractivity contribution is 0.568. The summed E-state index contributed by atoms with van der Waals surface area (Å²) in [5, 5.41) is 0. The van der Waals surface area contributed by atoms with Gasteiger partial charge in [0.2, 0.25) is 0 Å². The summed E-state index contributed by atoms with van der Waals surface area (Å²) >= 11 is 0. The fourth-order valence-corrected chi connectivity index (χ4v) is 2.35. The molecule has 2 heteroatoms. The van der Waals surface area contributed by atoms with E-state index in [1.54, 1.807) is 0 Å². The summed E-state index contributed by atoms with van der Waals surface area (Å²) in [4.78, 5) is 4.59. The molecular weight excluding hydrogens is 208 g/mol. The number of aryl methyl sites for hydroxylation is 2. The zero-order valence-corrected chi connectivity index (χ0v) is 10.9. The lowest BCUT2D eigenvalue weighted by Crippen LogP contribution is -2.00. The van der Waals surface area contributed by atoms with Crippen LogP contribution >= 0.6 is 0 Å². The monoisotopic (exact) mass is 230 g/mol. The highest BCUT2D eigenvalue weighted by atomic mass is 15.1. The van der Waals surface area contributed by atoms with Gasteiger partial charge in [0.05, 0.1) is 11.0 Å². The van der Waals surface area contributed by atoms with Crippen molar-refractivity contribution >= 4 is 11.0 Å². The molecule has 1 aromatic carbocycles. The molecule has 0 amide bonds. The largest absolute Gasteiger partial charge is 0.328 e. The van der Waals surface area contributed by atoms with Gasteiger partial charge in [-0.05, 0) is 25.5 Å². The first kappa shape index (κ1) is 12.2. The maximum absolute atomic E-state index is 4.59. The van der Waals surface area contributed by atoms with Gasteiger partial charge in [0, 0.05) is 6.54 Å². The van der Waals surface area contributed by atoms with Crippen molar-refractivity contribution in [2.45, 2.75) is 52.5 Å². The Morgan fingerprint density at radius 1 is 1.06 bits per heavy atom. The lowest BCUT2D eigenvalue weighted by Gasteiger charge is -2.06. The molecule has 0 aliphatic heterocycles. The van der Waals surface area contributed by atoms with E-state index in [4.69, 9.17) is 0 Å². The zero-order chi connectivity index (χ0) is 12.1. The Labute approximate surface area is 104 Å². The third-order valence-corrected chi connectivity index (χ3v) is 3.33. The molecule has 17 heavy (non-hydrogen) atoms. The normalized spacial score (nSPS) is 11.2. The number of unbranched alkanes of at least 4 members (excludes halogenated alkanes) is 4. The van der Waals surface area contributed by atoms with E-state index in [1.807, 2.05) is 0 Å². The van der Waals surface area contributed by atoms with Crippen molar-refractivity contribution in [3.05, 3.63) is 30.1 Å². The minimum Gasteiger partial charge on any atom is -0.328 e. The van der Waals surface area contributed by atoms with Gasteiger partial charge in [0.25, 0.3) is 0 Å². The third kappa shape index (κ3) is 2.87. The van der Waals surface area contributed by atoms with Crippen LogP contribution in [0.4, 0.5) is 0 Å². The molecule has 0 unspecified atom stereocenters. The predicted octanol–water partition coefficient (Wildman–Crippen LogP) is 4.32. The SMILES string of the molecule is CCCCCCCn1c(C)nc2ccccc21. The van der Waals surface area contributed by atoms with Gasteiger partial charge < -0.3 is 4.57 Å². The van der Waals surface area contributed by atoms with Gasteiger partial charge in [-0.1, -0.05) is 44.7 Å². The lowest BCUT2D eigenvalue weighted by atomic mass is 10.1. The van der Waals surface area contributed by atoms with Gasteiger partial charge in [-0.15, -0.1) is 0 Å². The van der Waals surface area contributed by atoms with Crippen LogP contribution < -0.4 is 0 Å². The molecule has 0 aliphatic rings. The van der Waals surface area contributed by atoms with Crippen molar-refractivity contribution in [3.8, 4) is 0 Å². The van der Waals surface area contributed by atoms with Crippen LogP contribution in [0.15, 0.2) is 24.3 Å². The number of benzene rings is 1. The van der Waals surface area contributed by atoms with E-state index in [1.165, 1.54) is 37.6 Å². The maximum atomic E-state index is 4.59. The van der Waals surface area contributed by atoms with Gasteiger partial charge in [0.1, 0.15) is 5.82 Å². The number of nitrogens with zero attached hydrogens (tertiary/aromatic N) is 2. The Hall–Kier alpha value is -1.31. The summed E-state index contributed by atoms with van der Waals surface area (Å²) in [6.45, 7) is 5.47. The first-order valence-electron chi connectivity index (χ1n) is 6.75. The summed E-state index contributed by atoms with van der Waals surface area (Å²) in [7, 11) is 0. The molecule has 2 rings (SSSR count). The summed E-state index contributed by atoms with van der Waals surface area (Å²) < 4.78 is 2.35. The third-order valence-electron chi connectivity index (χ3n) is 3.33. The second kappa shape index (κ2) is 5.85. The molecule has 0 spiro atoms. The van der Waals surface area contributed by atoms with Gasteiger partial charge in [0.15, 0.2) is 0 Å². The van der Waals surface area contributed by atoms with Crippen LogP contribution in [-0.2, 0) is 6.54 Å². The molecular formula is C15H22N2. The molecule has 0 atom stereocenters. The highest BCUT2D eigenvalue weighted by molar-refractivity contribution is 5.75. The number of rotatable bonds is 6. The molecule has 2 nitrogen and oxygen atoms in total. The molecule has 0 saturated carbocycles. The van der Waals surface area contributed by atoms with Crippen LogP contribution in [0.2, 0.25) is 0 Å². The molecule has 0 saturated heterocycles. The topological polar surface area (TPSA) is 17.8 Å². The Bertz CT molecular complexity index is 471. The molecule has 1 aromatic heterocycles. The van der Waals surface area contributed by atoms with Gasteiger partial charge in [-0.2, -0.15) is 0 Å². The maximum Gasteiger partial charge on any atom is 0.106 e. The van der Waals surface area contributed by atoms with Crippen LogP contribution in [-0.4, -0.2) is 9.55 Å². The minimum atomic E-state index is 1.11. The Kier molecular flexibility index (Phi) is 4.18. The molecule has 92 valence electrons. The average Bonchev–Trinajstić information content (AvgIpc) is 2.65. The van der Waals surface area contributed by atoms with Crippen molar-refractivity contribution in [1.29, 1.82) is 0 Å². The fourth-order valence-electron chi connectivity index (χ4n) is 2.35. The number of imidazole rings is 1. The number of para-hydroxylation sites is 2. The standard InChI is InChI=1S/C15H22N2/c1-3-4-5-6-9-12-17-13(2)16-14-10-7-8-11-15(14)17/h7-8,10-11H,3-6,9,12H2,1-2H3. The summed E-state index contributed by atoms with van der Waals surface area (Å²) in [6.07, 6.45) is 6.64. The molecule has 2 aromatic rings. The van der Waals surface area contributed by atoms with E-state index in [0.29, 0.717) is 0 Å². The Morgan fingerprint density at radius 2 is 1.82 bits per heavy atom. The Morgan fingerprint density at radius 3 is 2.65 bits per heavy atom. The fraction of sp³-hybridized carbons (Fsp3) is 0.533. The predicted molar refractivity (Wildman–Crippen MR) is 73.2 cm³/mol. The highest BCUT2D eigenvalue weighted by Crippen LogP contribution is 2.16. The minimum absolute atomic E-state index is 1.11. The van der Waals surface area contributed by atoms with E-state index < -0.39 is 0 Å². The first-order chi connectivity index (χ1) is 8.33. The summed E-state index contributed by atoms with van der Waals surface area (Å²) in [5.74, 6) is 1.14. The second-order valence-electron chi connectivity index (χ2n) is 4.71. The summed E-state index contributed by atoms with van der Waals surface area (Å²) in [6, 6.07) is 8.41. The molecule has 0 aliphatic carbocycles. The van der Waals surface area contributed by atoms with E-state index in [2.05, 4.69) is 47.7 Å². The highest BCUT2D eigenvalue weighted by Gasteiger charge is 2.05. The van der Waals surface area contributed by atoms with E-state index in [-0.39, 0.29) is 0 Å². The van der Waals surface area contributed by atoms with Crippen LogP contribution in [0.5, 0.6) is 0 Å². The number of hydrogen-bond acceptors (Lipinski definition) is 1. The Balaban J connectivity index is 2.00. The van der Waals surface area contributed by atoms with Crippen molar-refractivity contribution < 1.29 is 0 Å². The average molecular weight is 230 g/mol. The number of fused-ring (bicyclic) bond motifs is 1. The van der Waals surface area contributed by atoms with Gasteiger partial charge in [-0.25, -0.2) is 4.98 Å². The van der Waals surface area contributed by atoms with Crippen LogP contribution in [0.25, 0.3) is 11.0 Å². The molecule has 0 N–H and O–H groups in total. The molecule has 0 bridgehead atoms. The van der Waals surface area contributed by atoms with Gasteiger partial charge >= 0.3 is 0 Å². The van der Waals surface area contributed by atoms with Gasteiger partial charge in [-0.3, -0.25) is 0 Å². The van der Waals surface area contributed by atoms with E-state index in [9.17, 15) is 0 Å². The molecule has 0 fully saturated rings. The van der Waals surface area contributed by atoms with Crippen molar-refractivity contribution in [3.63, 3.8) is 0 Å². The second-order valence-corrected chi connectivity index (χ2v) is 4.71. The van der Waals surface area contributed by atoms with Crippen molar-refractivity contribution in [2.75, 3.05) is 0 Å². The zero-order valence-electron chi connectivity index (χ0n) is 10.9. The summed E-state index contributed by atoms with van der Waals surface area (Å²) in [5.41, 5.74) is 2.40. The van der Waals surface area contributed by atoms with Crippen molar-refractivity contribution in [1.82, 2.24) is 9.55 Å². The molecule has 0 radical (unpaired) electrons. The van der Waals surface area contributed by atoms with Crippen LogP contribution in [0, 0.1) is 6.92 Å². The van der Waals surface area contributed by atoms with E-state index in [0.717, 1.165) is 17.9 Å².